The van der Waals surface area contributed by atoms with E-state index in [1.807, 2.05) is 23.6 Å². The van der Waals surface area contributed by atoms with Gasteiger partial charge in [0.25, 0.3) is 0 Å². The number of thiazole rings is 1. The van der Waals surface area contributed by atoms with Crippen LogP contribution in [-0.2, 0) is 4.79 Å². The zero-order valence-electron chi connectivity index (χ0n) is 14.1. The Morgan fingerprint density at radius 2 is 2.23 bits per heavy atom. The van der Waals surface area contributed by atoms with Gasteiger partial charge in [0.05, 0.1) is 28.4 Å². The molecule has 1 unspecified atom stereocenters. The standard InChI is InChI=1S/C19H18N4OS2/c20-11-13-8-10-25-18(13)22-17(24)12-23-9-4-3-6-15(23)19-21-14-5-1-2-7-16(14)26-19/h1-2,5,7-8,10,15H,3-4,6,9,12H2,(H,22,24). The van der Waals surface area contributed by atoms with Crippen LogP contribution >= 0.6 is 22.7 Å². The Kier molecular flexibility index (Phi) is 4.98. The van der Waals surface area contributed by atoms with E-state index in [4.69, 9.17) is 10.2 Å². The number of hydrogen-bond donors (Lipinski definition) is 1. The Morgan fingerprint density at radius 1 is 1.35 bits per heavy atom. The minimum atomic E-state index is -0.0723. The highest BCUT2D eigenvalue weighted by Crippen LogP contribution is 2.35. The van der Waals surface area contributed by atoms with Gasteiger partial charge < -0.3 is 5.32 Å². The first-order valence-electron chi connectivity index (χ1n) is 8.61. The SMILES string of the molecule is N#Cc1ccsc1NC(=O)CN1CCCCC1c1nc2ccccc2s1. The Balaban J connectivity index is 1.50. The monoisotopic (exact) mass is 382 g/mol. The molecule has 1 amide bonds. The third-order valence-electron chi connectivity index (χ3n) is 4.59. The summed E-state index contributed by atoms with van der Waals surface area (Å²) < 4.78 is 1.19. The van der Waals surface area contributed by atoms with Gasteiger partial charge in [-0.1, -0.05) is 18.6 Å². The van der Waals surface area contributed by atoms with Crippen LogP contribution in [0.4, 0.5) is 5.00 Å². The van der Waals surface area contributed by atoms with E-state index in [9.17, 15) is 4.79 Å². The summed E-state index contributed by atoms with van der Waals surface area (Å²) in [5, 5.41) is 15.5. The summed E-state index contributed by atoms with van der Waals surface area (Å²) in [5.41, 5.74) is 1.55. The van der Waals surface area contributed by atoms with E-state index in [0.29, 0.717) is 17.1 Å². The van der Waals surface area contributed by atoms with Crippen molar-refractivity contribution in [3.63, 3.8) is 0 Å². The summed E-state index contributed by atoms with van der Waals surface area (Å²) in [7, 11) is 0. The van der Waals surface area contributed by atoms with Gasteiger partial charge in [-0.2, -0.15) is 5.26 Å². The molecule has 5 nitrogen and oxygen atoms in total. The molecule has 1 fully saturated rings. The van der Waals surface area contributed by atoms with E-state index in [-0.39, 0.29) is 11.9 Å². The van der Waals surface area contributed by atoms with Gasteiger partial charge >= 0.3 is 0 Å². The van der Waals surface area contributed by atoms with Gasteiger partial charge in [-0.25, -0.2) is 4.98 Å². The molecule has 0 saturated carbocycles. The number of carbonyl (C=O) groups is 1. The zero-order valence-corrected chi connectivity index (χ0v) is 15.8. The maximum Gasteiger partial charge on any atom is 0.239 e. The summed E-state index contributed by atoms with van der Waals surface area (Å²) >= 11 is 3.10. The molecular weight excluding hydrogens is 364 g/mol. The van der Waals surface area contributed by atoms with Crippen molar-refractivity contribution in [3.05, 3.63) is 46.3 Å². The Labute approximate surface area is 159 Å². The first-order chi connectivity index (χ1) is 12.7. The Morgan fingerprint density at radius 3 is 3.08 bits per heavy atom. The minimum Gasteiger partial charge on any atom is -0.315 e. The number of aromatic nitrogens is 1. The molecule has 26 heavy (non-hydrogen) atoms. The average Bonchev–Trinajstić information content (AvgIpc) is 3.28. The predicted molar refractivity (Wildman–Crippen MR) is 105 cm³/mol. The van der Waals surface area contributed by atoms with Crippen LogP contribution in [0.25, 0.3) is 10.2 Å². The maximum atomic E-state index is 12.5. The van der Waals surface area contributed by atoms with Crippen LogP contribution in [-0.4, -0.2) is 28.9 Å². The van der Waals surface area contributed by atoms with Crippen LogP contribution < -0.4 is 5.32 Å². The fraction of sp³-hybridized carbons (Fsp3) is 0.316. The molecule has 1 saturated heterocycles. The third kappa shape index (κ3) is 3.49. The molecule has 0 spiro atoms. The number of thiophene rings is 1. The molecule has 0 bridgehead atoms. The van der Waals surface area contributed by atoms with E-state index < -0.39 is 0 Å². The number of fused-ring (bicyclic) bond motifs is 1. The quantitative estimate of drug-likeness (QED) is 0.726. The lowest BCUT2D eigenvalue weighted by Crippen LogP contribution is -2.39. The molecule has 0 radical (unpaired) electrons. The highest BCUT2D eigenvalue weighted by Gasteiger charge is 2.28. The van der Waals surface area contributed by atoms with E-state index in [2.05, 4.69) is 22.4 Å². The van der Waals surface area contributed by atoms with Crippen molar-refractivity contribution in [2.75, 3.05) is 18.4 Å². The largest absolute Gasteiger partial charge is 0.315 e. The van der Waals surface area contributed by atoms with Gasteiger partial charge in [0.2, 0.25) is 5.91 Å². The normalized spacial score (nSPS) is 17.9. The highest BCUT2D eigenvalue weighted by atomic mass is 32.1. The van der Waals surface area contributed by atoms with Crippen LogP contribution in [0, 0.1) is 11.3 Å². The fourth-order valence-electron chi connectivity index (χ4n) is 3.34. The molecule has 4 rings (SSSR count). The van der Waals surface area contributed by atoms with Crippen LogP contribution in [0.5, 0.6) is 0 Å². The number of hydrogen-bond acceptors (Lipinski definition) is 6. The number of benzene rings is 1. The maximum absolute atomic E-state index is 12.5. The lowest BCUT2D eigenvalue weighted by Gasteiger charge is -2.33. The molecule has 1 N–H and O–H groups in total. The van der Waals surface area contributed by atoms with Crippen LogP contribution in [0.2, 0.25) is 0 Å². The van der Waals surface area contributed by atoms with Crippen molar-refractivity contribution in [2.24, 2.45) is 0 Å². The molecule has 132 valence electrons. The minimum absolute atomic E-state index is 0.0723. The lowest BCUT2D eigenvalue weighted by atomic mass is 10.0. The van der Waals surface area contributed by atoms with Crippen molar-refractivity contribution >= 4 is 43.8 Å². The first kappa shape index (κ1) is 17.2. The van der Waals surface area contributed by atoms with Gasteiger partial charge in [-0.15, -0.1) is 22.7 Å². The van der Waals surface area contributed by atoms with Crippen molar-refractivity contribution in [3.8, 4) is 6.07 Å². The number of carbonyl (C=O) groups excluding carboxylic acids is 1. The zero-order chi connectivity index (χ0) is 17.9. The summed E-state index contributed by atoms with van der Waals surface area (Å²) in [4.78, 5) is 19.5. The summed E-state index contributed by atoms with van der Waals surface area (Å²) in [6.07, 6.45) is 3.27. The van der Waals surface area contributed by atoms with Crippen molar-refractivity contribution in [1.29, 1.82) is 5.26 Å². The number of rotatable bonds is 4. The third-order valence-corrected chi connectivity index (χ3v) is 6.56. The number of piperidine rings is 1. The van der Waals surface area contributed by atoms with Crippen LogP contribution in [0.1, 0.15) is 35.9 Å². The van der Waals surface area contributed by atoms with E-state index in [1.165, 1.54) is 16.0 Å². The molecule has 0 aliphatic carbocycles. The Hall–Kier alpha value is -2.27. The summed E-state index contributed by atoms with van der Waals surface area (Å²) in [6.45, 7) is 1.22. The number of para-hydroxylation sites is 1. The Bertz CT molecular complexity index is 938. The topological polar surface area (TPSA) is 69.0 Å². The summed E-state index contributed by atoms with van der Waals surface area (Å²) in [6, 6.07) is 12.2. The highest BCUT2D eigenvalue weighted by molar-refractivity contribution is 7.18. The molecule has 7 heteroatoms. The molecule has 2 aromatic heterocycles. The predicted octanol–water partition coefficient (Wildman–Crippen LogP) is 4.40. The smallest absolute Gasteiger partial charge is 0.239 e. The van der Waals surface area contributed by atoms with E-state index in [0.717, 1.165) is 36.3 Å². The van der Waals surface area contributed by atoms with Gasteiger partial charge in [-0.05, 0) is 43.0 Å². The van der Waals surface area contributed by atoms with E-state index >= 15 is 0 Å². The first-order valence-corrected chi connectivity index (χ1v) is 10.3. The molecular formula is C19H18N4OS2. The molecule has 1 aromatic carbocycles. The van der Waals surface area contributed by atoms with Gasteiger partial charge in [0.1, 0.15) is 16.1 Å². The molecule has 1 aliphatic heterocycles. The number of amides is 1. The number of likely N-dealkylation sites (tertiary alicyclic amines) is 1. The molecule has 3 heterocycles. The van der Waals surface area contributed by atoms with E-state index in [1.54, 1.807) is 17.4 Å². The molecule has 1 atom stereocenters. The van der Waals surface area contributed by atoms with Crippen molar-refractivity contribution < 1.29 is 4.79 Å². The average molecular weight is 383 g/mol. The molecule has 1 aliphatic rings. The van der Waals surface area contributed by atoms with Crippen molar-refractivity contribution in [2.45, 2.75) is 25.3 Å². The second kappa shape index (κ2) is 7.54. The second-order valence-electron chi connectivity index (χ2n) is 6.33. The summed E-state index contributed by atoms with van der Waals surface area (Å²) in [5.74, 6) is -0.0723. The number of nitrogens with one attached hydrogen (secondary N) is 1. The van der Waals surface area contributed by atoms with Crippen molar-refractivity contribution in [1.82, 2.24) is 9.88 Å². The number of anilines is 1. The van der Waals surface area contributed by atoms with Gasteiger partial charge in [0.15, 0.2) is 0 Å². The number of nitriles is 1. The van der Waals surface area contributed by atoms with Crippen LogP contribution in [0.15, 0.2) is 35.7 Å². The fourth-order valence-corrected chi connectivity index (χ4v) is 5.23. The van der Waals surface area contributed by atoms with Crippen LogP contribution in [0.3, 0.4) is 0 Å². The number of nitrogens with zero attached hydrogens (tertiary/aromatic N) is 3. The van der Waals surface area contributed by atoms with Gasteiger partial charge in [0, 0.05) is 0 Å². The molecule has 3 aromatic rings. The van der Waals surface area contributed by atoms with Gasteiger partial charge in [-0.3, -0.25) is 9.69 Å². The lowest BCUT2D eigenvalue weighted by molar-refractivity contribution is -0.118. The second-order valence-corrected chi connectivity index (χ2v) is 8.30.